The molecule has 0 aliphatic heterocycles. The highest BCUT2D eigenvalue weighted by Gasteiger charge is 2.09. The van der Waals surface area contributed by atoms with Crippen molar-refractivity contribution in [3.8, 4) is 0 Å². The second-order valence-corrected chi connectivity index (χ2v) is 6.64. The van der Waals surface area contributed by atoms with Gasteiger partial charge in [0.2, 0.25) is 0 Å². The predicted molar refractivity (Wildman–Crippen MR) is 110 cm³/mol. The van der Waals surface area contributed by atoms with E-state index >= 15 is 0 Å². The Morgan fingerprint density at radius 2 is 1.70 bits per heavy atom. The average molecular weight is 384 g/mol. The molecule has 1 nitrogen and oxygen atoms in total. The summed E-state index contributed by atoms with van der Waals surface area (Å²) >= 11 is 5.18. The van der Waals surface area contributed by atoms with E-state index in [4.69, 9.17) is 4.99 Å². The standard InChI is InChI=1S/C20H18BrNS/c1-4-13-23-20(17-11-8-12-18(21)14-17)22-19-15(5-2)9-7-10-16(19)6-3/h4-12,14H,1-3,13H2. The highest BCUT2D eigenvalue weighted by molar-refractivity contribution is 9.10. The Kier molecular flexibility index (Phi) is 6.63. The Bertz CT molecular complexity index is 736. The molecule has 0 N–H and O–H groups in total. The second kappa shape index (κ2) is 8.70. The van der Waals surface area contributed by atoms with Crippen LogP contribution in [0, 0.1) is 0 Å². The maximum absolute atomic E-state index is 4.92. The highest BCUT2D eigenvalue weighted by Crippen LogP contribution is 2.30. The fourth-order valence-electron chi connectivity index (χ4n) is 2.08. The minimum atomic E-state index is 0.797. The van der Waals surface area contributed by atoms with Crippen LogP contribution in [0.2, 0.25) is 0 Å². The lowest BCUT2D eigenvalue weighted by Gasteiger charge is -2.10. The van der Waals surface area contributed by atoms with E-state index < -0.39 is 0 Å². The van der Waals surface area contributed by atoms with Crippen molar-refractivity contribution in [3.05, 3.63) is 89.4 Å². The summed E-state index contributed by atoms with van der Waals surface area (Å²) in [5, 5.41) is 0.948. The van der Waals surface area contributed by atoms with E-state index in [1.165, 1.54) is 0 Å². The Hall–Kier alpha value is -1.84. The maximum Gasteiger partial charge on any atom is 0.104 e. The van der Waals surface area contributed by atoms with Crippen molar-refractivity contribution in [1.29, 1.82) is 0 Å². The predicted octanol–water partition coefficient (Wildman–Crippen LogP) is 6.73. The van der Waals surface area contributed by atoms with Crippen molar-refractivity contribution in [3.63, 3.8) is 0 Å². The van der Waals surface area contributed by atoms with Crippen LogP contribution in [0.3, 0.4) is 0 Å². The molecule has 0 bridgehead atoms. The van der Waals surface area contributed by atoms with Gasteiger partial charge in [0.1, 0.15) is 5.04 Å². The Morgan fingerprint density at radius 1 is 1.04 bits per heavy atom. The van der Waals surface area contributed by atoms with Crippen LogP contribution in [-0.4, -0.2) is 10.8 Å². The molecule has 0 saturated carbocycles. The molecule has 0 aliphatic carbocycles. The molecule has 0 saturated heterocycles. The number of hydrogen-bond donors (Lipinski definition) is 0. The molecule has 116 valence electrons. The summed E-state index contributed by atoms with van der Waals surface area (Å²) in [5.74, 6) is 0.797. The zero-order valence-electron chi connectivity index (χ0n) is 12.8. The van der Waals surface area contributed by atoms with E-state index in [1.54, 1.807) is 11.8 Å². The molecule has 0 amide bonds. The van der Waals surface area contributed by atoms with Gasteiger partial charge in [0.15, 0.2) is 0 Å². The summed E-state index contributed by atoms with van der Waals surface area (Å²) < 4.78 is 1.03. The molecular formula is C20H18BrNS. The van der Waals surface area contributed by atoms with E-state index in [0.29, 0.717) is 0 Å². The van der Waals surface area contributed by atoms with Crippen LogP contribution >= 0.6 is 27.7 Å². The Morgan fingerprint density at radius 3 is 2.26 bits per heavy atom. The number of para-hydroxylation sites is 1. The zero-order chi connectivity index (χ0) is 16.7. The zero-order valence-corrected chi connectivity index (χ0v) is 15.2. The fourth-order valence-corrected chi connectivity index (χ4v) is 3.20. The lowest BCUT2D eigenvalue weighted by molar-refractivity contribution is 1.47. The van der Waals surface area contributed by atoms with Crippen LogP contribution in [0.4, 0.5) is 5.69 Å². The molecule has 23 heavy (non-hydrogen) atoms. The first-order valence-corrected chi connectivity index (χ1v) is 8.93. The van der Waals surface area contributed by atoms with Crippen molar-refractivity contribution < 1.29 is 0 Å². The molecule has 0 radical (unpaired) electrons. The van der Waals surface area contributed by atoms with Gasteiger partial charge in [0, 0.05) is 26.9 Å². The lowest BCUT2D eigenvalue weighted by Crippen LogP contribution is -1.97. The Balaban J connectivity index is 2.59. The van der Waals surface area contributed by atoms with Gasteiger partial charge in [-0.05, 0) is 12.1 Å². The van der Waals surface area contributed by atoms with Crippen molar-refractivity contribution in [2.24, 2.45) is 4.99 Å². The van der Waals surface area contributed by atoms with Crippen LogP contribution in [0.15, 0.2) is 77.7 Å². The van der Waals surface area contributed by atoms with E-state index in [9.17, 15) is 0 Å². The Labute approximate surface area is 150 Å². The highest BCUT2D eigenvalue weighted by atomic mass is 79.9. The third-order valence-electron chi connectivity index (χ3n) is 3.16. The molecule has 0 spiro atoms. The minimum absolute atomic E-state index is 0.797. The number of halogens is 1. The van der Waals surface area contributed by atoms with Gasteiger partial charge in [-0.3, -0.25) is 0 Å². The fraction of sp³-hybridized carbons (Fsp3) is 0.0500. The van der Waals surface area contributed by atoms with Gasteiger partial charge in [-0.2, -0.15) is 0 Å². The van der Waals surface area contributed by atoms with Gasteiger partial charge < -0.3 is 0 Å². The molecule has 0 aromatic heterocycles. The van der Waals surface area contributed by atoms with Crippen LogP contribution in [0.25, 0.3) is 12.2 Å². The van der Waals surface area contributed by atoms with Gasteiger partial charge in [0.05, 0.1) is 5.69 Å². The first kappa shape index (κ1) is 17.5. The smallest absolute Gasteiger partial charge is 0.104 e. The third-order valence-corrected chi connectivity index (χ3v) is 4.66. The van der Waals surface area contributed by atoms with Crippen molar-refractivity contribution in [2.45, 2.75) is 0 Å². The minimum Gasteiger partial charge on any atom is -0.240 e. The summed E-state index contributed by atoms with van der Waals surface area (Å²) in [5.41, 5.74) is 3.95. The molecule has 3 heteroatoms. The van der Waals surface area contributed by atoms with Gasteiger partial charge in [0.25, 0.3) is 0 Å². The van der Waals surface area contributed by atoms with Crippen molar-refractivity contribution in [2.75, 3.05) is 5.75 Å². The average Bonchev–Trinajstić information content (AvgIpc) is 2.58. The normalized spacial score (nSPS) is 11.1. The number of benzene rings is 2. The van der Waals surface area contributed by atoms with Crippen LogP contribution < -0.4 is 0 Å². The molecule has 0 heterocycles. The number of nitrogens with zero attached hydrogens (tertiary/aromatic N) is 1. The lowest BCUT2D eigenvalue weighted by atomic mass is 10.1. The molecule has 2 aromatic rings. The van der Waals surface area contributed by atoms with E-state index in [-0.39, 0.29) is 0 Å². The number of aliphatic imine (C=N–C) groups is 1. The van der Waals surface area contributed by atoms with Gasteiger partial charge in [-0.15, -0.1) is 18.3 Å². The van der Waals surface area contributed by atoms with Gasteiger partial charge >= 0.3 is 0 Å². The summed E-state index contributed by atoms with van der Waals surface area (Å²) in [6, 6.07) is 14.2. The monoisotopic (exact) mass is 383 g/mol. The molecule has 2 aromatic carbocycles. The van der Waals surface area contributed by atoms with E-state index in [1.807, 2.05) is 48.6 Å². The first-order chi connectivity index (χ1) is 11.2. The number of thioether (sulfide) groups is 1. The molecule has 0 aliphatic rings. The third kappa shape index (κ3) is 4.57. The van der Waals surface area contributed by atoms with Gasteiger partial charge in [-0.1, -0.05) is 77.6 Å². The summed E-state index contributed by atoms with van der Waals surface area (Å²) in [4.78, 5) is 4.92. The molecule has 0 unspecified atom stereocenters. The van der Waals surface area contributed by atoms with Crippen LogP contribution in [-0.2, 0) is 0 Å². The van der Waals surface area contributed by atoms with Crippen LogP contribution in [0.1, 0.15) is 16.7 Å². The maximum atomic E-state index is 4.92. The summed E-state index contributed by atoms with van der Waals surface area (Å²) in [6.45, 7) is 11.6. The summed E-state index contributed by atoms with van der Waals surface area (Å²) in [7, 11) is 0. The van der Waals surface area contributed by atoms with Crippen LogP contribution in [0.5, 0.6) is 0 Å². The topological polar surface area (TPSA) is 12.4 Å². The number of hydrogen-bond acceptors (Lipinski definition) is 2. The second-order valence-electron chi connectivity index (χ2n) is 4.72. The molecule has 0 fully saturated rings. The van der Waals surface area contributed by atoms with E-state index in [2.05, 4.69) is 47.8 Å². The van der Waals surface area contributed by atoms with Gasteiger partial charge in [-0.25, -0.2) is 4.99 Å². The largest absolute Gasteiger partial charge is 0.240 e. The quantitative estimate of drug-likeness (QED) is 0.305. The first-order valence-electron chi connectivity index (χ1n) is 7.15. The number of rotatable bonds is 6. The SMILES string of the molecule is C=CCSC(=Nc1c(C=C)cccc1C=C)c1cccc(Br)c1. The molecular weight excluding hydrogens is 366 g/mol. The van der Waals surface area contributed by atoms with Crippen molar-refractivity contribution in [1.82, 2.24) is 0 Å². The van der Waals surface area contributed by atoms with E-state index in [0.717, 1.165) is 37.6 Å². The van der Waals surface area contributed by atoms with Crippen molar-refractivity contribution >= 4 is 50.6 Å². The summed E-state index contributed by atoms with van der Waals surface area (Å²) in [6.07, 6.45) is 5.52. The molecule has 2 rings (SSSR count). The molecule has 0 atom stereocenters.